The molecule has 2 aromatic heterocycles. The van der Waals surface area contributed by atoms with Crippen LogP contribution in [0.3, 0.4) is 0 Å². The molecule has 0 saturated carbocycles. The number of benzene rings is 4. The molecule has 0 aliphatic heterocycles. The molecule has 0 saturated heterocycles. The first kappa shape index (κ1) is 32.2. The Kier molecular flexibility index (Phi) is 9.81. The minimum Gasteiger partial charge on any atom is -0.507 e. The topological polar surface area (TPSA) is 164 Å². The van der Waals surface area contributed by atoms with Gasteiger partial charge in [0.1, 0.15) is 22.7 Å². The molecule has 10 heteroatoms. The Hall–Kier alpha value is -6.16. The summed E-state index contributed by atoms with van der Waals surface area (Å²) in [6.07, 6.45) is -0.391. The van der Waals surface area contributed by atoms with Crippen LogP contribution in [0.1, 0.15) is 46.9 Å². The first-order valence-corrected chi connectivity index (χ1v) is 14.6. The summed E-state index contributed by atoms with van der Waals surface area (Å²) in [5.74, 6) is -3.37. The van der Waals surface area contributed by atoms with Gasteiger partial charge in [-0.05, 0) is 35.4 Å². The normalized spacial score (nSPS) is 12.1. The number of hydrogen-bond acceptors (Lipinski definition) is 9. The van der Waals surface area contributed by atoms with Crippen LogP contribution in [0.5, 0.6) is 11.5 Å². The van der Waals surface area contributed by atoms with E-state index < -0.39 is 35.0 Å². The third-order valence-electron chi connectivity index (χ3n) is 7.72. The summed E-state index contributed by atoms with van der Waals surface area (Å²) in [7, 11) is 1.28. The van der Waals surface area contributed by atoms with Gasteiger partial charge in [-0.3, -0.25) is 9.59 Å². The van der Waals surface area contributed by atoms with Crippen molar-refractivity contribution in [1.82, 2.24) is 0 Å². The van der Waals surface area contributed by atoms with E-state index in [2.05, 4.69) is 0 Å². The molecule has 47 heavy (non-hydrogen) atoms. The Labute approximate surface area is 267 Å². The molecule has 10 nitrogen and oxygen atoms in total. The third kappa shape index (κ3) is 7.07. The zero-order chi connectivity index (χ0) is 33.5. The summed E-state index contributed by atoms with van der Waals surface area (Å²) in [5, 5.41) is 31.2. The number of rotatable bonds is 8. The number of para-hydroxylation sites is 2. The highest BCUT2D eigenvalue weighted by Crippen LogP contribution is 2.37. The average molecular weight is 635 g/mol. The Morgan fingerprint density at radius 1 is 0.617 bits per heavy atom. The number of carbonyl (C=O) groups is 2. The van der Waals surface area contributed by atoms with Crippen molar-refractivity contribution in [3.05, 3.63) is 152 Å². The van der Waals surface area contributed by atoms with Gasteiger partial charge < -0.3 is 28.9 Å². The maximum absolute atomic E-state index is 12.5. The maximum atomic E-state index is 12.5. The predicted octanol–water partition coefficient (Wildman–Crippen LogP) is 6.30. The van der Waals surface area contributed by atoms with Crippen molar-refractivity contribution in [2.45, 2.75) is 24.7 Å². The van der Waals surface area contributed by atoms with Crippen LogP contribution in [0, 0.1) is 0 Å². The van der Waals surface area contributed by atoms with Gasteiger partial charge in [0.25, 0.3) is 0 Å². The molecule has 0 aliphatic carbocycles. The lowest BCUT2D eigenvalue weighted by atomic mass is 9.88. The lowest BCUT2D eigenvalue weighted by Gasteiger charge is -2.17. The second-order valence-corrected chi connectivity index (χ2v) is 10.6. The minimum atomic E-state index is -1.06. The molecule has 2 heterocycles. The summed E-state index contributed by atoms with van der Waals surface area (Å²) in [5.41, 5.74) is 0.561. The largest absolute Gasteiger partial charge is 0.507 e. The van der Waals surface area contributed by atoms with E-state index in [-0.39, 0.29) is 41.1 Å². The Morgan fingerprint density at radius 2 is 1.00 bits per heavy atom. The molecular weight excluding hydrogens is 604 g/mol. The predicted molar refractivity (Wildman–Crippen MR) is 174 cm³/mol. The maximum Gasteiger partial charge on any atom is 0.343 e. The molecule has 0 amide bonds. The van der Waals surface area contributed by atoms with Gasteiger partial charge in [-0.2, -0.15) is 0 Å². The molecule has 238 valence electrons. The van der Waals surface area contributed by atoms with Crippen molar-refractivity contribution in [3.63, 3.8) is 0 Å². The molecule has 4 aromatic carbocycles. The van der Waals surface area contributed by atoms with Crippen LogP contribution in [-0.2, 0) is 14.3 Å². The van der Waals surface area contributed by atoms with E-state index in [1.807, 2.05) is 6.07 Å². The van der Waals surface area contributed by atoms with Gasteiger partial charge in [-0.1, -0.05) is 84.9 Å². The van der Waals surface area contributed by atoms with E-state index in [4.69, 9.17) is 13.6 Å². The van der Waals surface area contributed by atoms with E-state index in [1.54, 1.807) is 103 Å². The fourth-order valence-corrected chi connectivity index (χ4v) is 5.48. The number of methoxy groups -OCH3 is 1. The van der Waals surface area contributed by atoms with Crippen LogP contribution in [-0.4, -0.2) is 34.4 Å². The standard InChI is InChI=1S/C19H16O5.C18H14O5/c1-23-16(20)11-14(12-7-3-2-4-8-12)17-18(21)13-9-5-6-10-15(13)24-19(17)22;19-15(20)10-13(11-6-2-1-3-7-11)16-17(21)12-8-4-5-9-14(12)23-18(16)22/h2-10,14,21H,11H2,1H3;1-9,13,21H,10H2,(H,19,20). The van der Waals surface area contributed by atoms with Gasteiger partial charge in [-0.25, -0.2) is 9.59 Å². The molecule has 6 aromatic rings. The van der Waals surface area contributed by atoms with Gasteiger partial charge in [0.2, 0.25) is 0 Å². The molecule has 0 bridgehead atoms. The van der Waals surface area contributed by atoms with Crippen molar-refractivity contribution < 1.29 is 38.5 Å². The molecule has 0 fully saturated rings. The highest BCUT2D eigenvalue weighted by atomic mass is 16.5. The number of aromatic hydroxyl groups is 2. The van der Waals surface area contributed by atoms with Crippen LogP contribution in [0.4, 0.5) is 0 Å². The molecule has 3 N–H and O–H groups in total. The zero-order valence-electron chi connectivity index (χ0n) is 25.2. The first-order valence-electron chi connectivity index (χ1n) is 14.6. The van der Waals surface area contributed by atoms with Crippen molar-refractivity contribution in [1.29, 1.82) is 0 Å². The van der Waals surface area contributed by atoms with Crippen molar-refractivity contribution >= 4 is 33.9 Å². The first-order chi connectivity index (χ1) is 22.7. The molecule has 0 spiro atoms. The highest BCUT2D eigenvalue weighted by molar-refractivity contribution is 5.85. The van der Waals surface area contributed by atoms with Crippen molar-refractivity contribution in [2.75, 3.05) is 7.11 Å². The monoisotopic (exact) mass is 634 g/mol. The summed E-state index contributed by atoms with van der Waals surface area (Å²) >= 11 is 0. The van der Waals surface area contributed by atoms with E-state index in [1.165, 1.54) is 7.11 Å². The number of carboxylic acids is 1. The van der Waals surface area contributed by atoms with Crippen LogP contribution in [0.15, 0.2) is 128 Å². The molecule has 2 unspecified atom stereocenters. The summed E-state index contributed by atoms with van der Waals surface area (Å²) in [4.78, 5) is 47.8. The number of hydrogen-bond donors (Lipinski definition) is 3. The van der Waals surface area contributed by atoms with Gasteiger partial charge in [0.05, 0.1) is 41.9 Å². The zero-order valence-corrected chi connectivity index (χ0v) is 25.2. The minimum absolute atomic E-state index is 0.0303. The number of fused-ring (bicyclic) bond motifs is 2. The Bertz CT molecular complexity index is 2150. The Balaban J connectivity index is 0.000000185. The molecule has 6 rings (SSSR count). The van der Waals surface area contributed by atoms with Crippen LogP contribution < -0.4 is 11.3 Å². The van der Waals surface area contributed by atoms with Crippen molar-refractivity contribution in [3.8, 4) is 11.5 Å². The van der Waals surface area contributed by atoms with Gasteiger partial charge in [-0.15, -0.1) is 0 Å². The van der Waals surface area contributed by atoms with Crippen LogP contribution in [0.2, 0.25) is 0 Å². The third-order valence-corrected chi connectivity index (χ3v) is 7.72. The van der Waals surface area contributed by atoms with E-state index in [0.29, 0.717) is 21.9 Å². The number of carboxylic acid groups (broad SMARTS) is 1. The van der Waals surface area contributed by atoms with Crippen LogP contribution >= 0.6 is 0 Å². The summed E-state index contributed by atoms with van der Waals surface area (Å²) < 4.78 is 15.3. The molecular formula is C37H30O10. The second-order valence-electron chi connectivity index (χ2n) is 10.6. The van der Waals surface area contributed by atoms with E-state index in [0.717, 1.165) is 5.56 Å². The van der Waals surface area contributed by atoms with E-state index in [9.17, 15) is 34.5 Å². The van der Waals surface area contributed by atoms with Crippen molar-refractivity contribution in [2.24, 2.45) is 0 Å². The molecule has 0 radical (unpaired) electrons. The summed E-state index contributed by atoms with van der Waals surface area (Å²) in [6.45, 7) is 0. The SMILES string of the molecule is COC(=O)CC(c1ccccc1)c1c(O)c2ccccc2oc1=O.O=C(O)CC(c1ccccc1)c1c(O)c2ccccc2oc1=O. The summed E-state index contributed by atoms with van der Waals surface area (Å²) in [6, 6.07) is 31.1. The molecule has 0 aliphatic rings. The highest BCUT2D eigenvalue weighted by Gasteiger charge is 2.28. The quantitative estimate of drug-likeness (QED) is 0.128. The fourth-order valence-electron chi connectivity index (χ4n) is 5.48. The van der Waals surface area contributed by atoms with Gasteiger partial charge in [0.15, 0.2) is 0 Å². The lowest BCUT2D eigenvalue weighted by Crippen LogP contribution is -2.18. The van der Waals surface area contributed by atoms with Gasteiger partial charge >= 0.3 is 23.2 Å². The molecule has 2 atom stereocenters. The van der Waals surface area contributed by atoms with Crippen LogP contribution in [0.25, 0.3) is 21.9 Å². The Morgan fingerprint density at radius 3 is 1.40 bits per heavy atom. The number of aliphatic carboxylic acids is 1. The fraction of sp³-hybridized carbons (Fsp3) is 0.135. The smallest absolute Gasteiger partial charge is 0.343 e. The average Bonchev–Trinajstić information content (AvgIpc) is 3.08. The lowest BCUT2D eigenvalue weighted by molar-refractivity contribution is -0.141. The van der Waals surface area contributed by atoms with E-state index >= 15 is 0 Å². The number of carbonyl (C=O) groups excluding carboxylic acids is 1. The number of esters is 1. The number of ether oxygens (including phenoxy) is 1. The van der Waals surface area contributed by atoms with Gasteiger partial charge in [0, 0.05) is 11.8 Å². The second kappa shape index (κ2) is 14.3.